The fraction of sp³-hybridized carbons (Fsp3) is 0.932. The van der Waals surface area contributed by atoms with E-state index >= 15 is 0 Å². The molecule has 12 heteroatoms. The molecule has 6 unspecified atom stereocenters. The molecule has 1 fully saturated rings. The molecule has 1 aliphatic heterocycles. The summed E-state index contributed by atoms with van der Waals surface area (Å²) >= 11 is 0. The van der Waals surface area contributed by atoms with E-state index in [1.54, 1.807) is 16.0 Å². The number of nitrogens with zero attached hydrogens (tertiary/aromatic N) is 1. The number of carbonyl (C=O) groups is 1. The number of ether oxygens (including phenoxy) is 2. The lowest BCUT2D eigenvalue weighted by Gasteiger charge is -2.39. The molecule has 0 aromatic heterocycles. The van der Waals surface area contributed by atoms with Crippen molar-refractivity contribution in [2.75, 3.05) is 26.8 Å². The third kappa shape index (κ3) is 30.8. The minimum atomic E-state index is -1.44. The first-order chi connectivity index (χ1) is 26.9. The molecule has 1 aliphatic carbocycles. The zero-order chi connectivity index (χ0) is 41.9. The highest BCUT2D eigenvalue weighted by Crippen LogP contribution is 2.37. The fourth-order valence-electron chi connectivity index (χ4n) is 7.47. The predicted molar refractivity (Wildman–Crippen MR) is 228 cm³/mol. The number of carbonyl (C=O) groups excluding carboxylic acids is 1. The normalized spacial score (nSPS) is 22.4. The van der Waals surface area contributed by atoms with Crippen LogP contribution in [0, 0.1) is 5.41 Å². The van der Waals surface area contributed by atoms with E-state index in [2.05, 4.69) is 32.7 Å². The number of rotatable bonds is 31. The second-order valence-corrected chi connectivity index (χ2v) is 17.1. The molecule has 6 atom stereocenters. The van der Waals surface area contributed by atoms with Crippen LogP contribution in [0.3, 0.4) is 0 Å². The minimum absolute atomic E-state index is 0.169. The van der Waals surface area contributed by atoms with Crippen LogP contribution in [0.1, 0.15) is 194 Å². The Morgan fingerprint density at radius 2 is 1.34 bits per heavy atom. The summed E-state index contributed by atoms with van der Waals surface area (Å²) in [5, 5.41) is 50.5. The van der Waals surface area contributed by atoms with Gasteiger partial charge in [-0.25, -0.2) is 5.84 Å². The van der Waals surface area contributed by atoms with Gasteiger partial charge in [0.1, 0.15) is 24.4 Å². The number of aliphatic hydroxyl groups excluding tert-OH is 5. The Morgan fingerprint density at radius 1 is 0.839 bits per heavy atom. The Labute approximate surface area is 342 Å². The molecule has 1 heterocycles. The van der Waals surface area contributed by atoms with E-state index < -0.39 is 43.4 Å². The zero-order valence-corrected chi connectivity index (χ0v) is 36.4. The molecule has 2 rings (SSSR count). The molecule has 0 bridgehead atoms. The molecule has 10 N–H and O–H groups in total. The molecule has 1 saturated heterocycles. The molecule has 56 heavy (non-hydrogen) atoms. The smallest absolute Gasteiger partial charge is 0.221 e. The van der Waals surface area contributed by atoms with Gasteiger partial charge in [-0.15, -0.1) is 0 Å². The van der Waals surface area contributed by atoms with Crippen molar-refractivity contribution in [1.82, 2.24) is 10.4 Å². The summed E-state index contributed by atoms with van der Waals surface area (Å²) in [6.45, 7) is 7.81. The lowest BCUT2D eigenvalue weighted by Crippen LogP contribution is -2.59. The van der Waals surface area contributed by atoms with Crippen LogP contribution in [-0.2, 0) is 14.3 Å². The molecular weight excluding hydrogens is 713 g/mol. The zero-order valence-electron chi connectivity index (χ0n) is 36.4. The molecule has 0 aromatic rings. The number of unbranched alkanes of at least 4 members (excludes halogenated alkanes) is 19. The van der Waals surface area contributed by atoms with Crippen molar-refractivity contribution in [1.29, 1.82) is 0 Å². The third-order valence-corrected chi connectivity index (χ3v) is 11.0. The Balaban J connectivity index is 0.00000104. The Morgan fingerprint density at radius 3 is 1.82 bits per heavy atom. The Hall–Kier alpha value is -1.19. The summed E-state index contributed by atoms with van der Waals surface area (Å²) in [5.41, 5.74) is 4.04. The molecule has 12 nitrogen and oxygen atoms in total. The van der Waals surface area contributed by atoms with E-state index in [1.165, 1.54) is 148 Å². The number of amides is 1. The van der Waals surface area contributed by atoms with Gasteiger partial charge in [-0.05, 0) is 56.8 Å². The number of nitrogens with two attached hydrogens (primary N) is 2. The maximum atomic E-state index is 10.1. The monoisotopic (exact) mass is 803 g/mol. The van der Waals surface area contributed by atoms with Crippen molar-refractivity contribution in [3.05, 3.63) is 11.6 Å². The fourth-order valence-corrected chi connectivity index (χ4v) is 7.47. The first-order valence-electron chi connectivity index (χ1n) is 22.6. The van der Waals surface area contributed by atoms with Crippen molar-refractivity contribution in [2.24, 2.45) is 17.1 Å². The van der Waals surface area contributed by atoms with Crippen LogP contribution < -0.4 is 17.1 Å². The topological polar surface area (TPSA) is 204 Å². The first kappa shape index (κ1) is 54.8. The summed E-state index contributed by atoms with van der Waals surface area (Å²) in [5.74, 6) is 10.0. The number of hydrazine groups is 2. The van der Waals surface area contributed by atoms with E-state index in [4.69, 9.17) is 20.1 Å². The molecule has 0 spiro atoms. The van der Waals surface area contributed by atoms with E-state index in [9.17, 15) is 25.5 Å². The number of allylic oxidation sites excluding steroid dienone is 2. The summed E-state index contributed by atoms with van der Waals surface area (Å²) in [6.07, 6.45) is 30.5. The standard InChI is InChI=1S/C24H48O7.C19H38N2.CH4N2O/c1-2-3-4-5-6-7-8-9-10-11-12-13-14-15-19(26)16-17-30-24-23(29)22(28)21(27)20(18-25)31-24;1-19(2)15-12-14-18(17-19)13-10-8-6-4-5-7-9-11-16-21(3)20;2-3-1-4/h19-29H,2-18H2,1H3;14H,4-13,15-17,20H2,1-3H3;1H,2H2,(H,3,4). The van der Waals surface area contributed by atoms with Gasteiger partial charge >= 0.3 is 0 Å². The van der Waals surface area contributed by atoms with Gasteiger partial charge < -0.3 is 35.0 Å². The molecule has 1 amide bonds. The molecule has 0 saturated carbocycles. The van der Waals surface area contributed by atoms with Gasteiger partial charge in [0.15, 0.2) is 6.29 Å². The van der Waals surface area contributed by atoms with Gasteiger partial charge in [0.25, 0.3) is 0 Å². The highest BCUT2D eigenvalue weighted by molar-refractivity contribution is 5.44. The average molecular weight is 803 g/mol. The SMILES string of the molecule is CCCCCCCCCCCCCCCC(O)CCOC1OC(CO)C(O)C(O)C1O.CN(N)CCCCCCCCCCC1=CCCC(C)(C)C1.NNC=O. The van der Waals surface area contributed by atoms with E-state index in [0.717, 1.165) is 25.8 Å². The minimum Gasteiger partial charge on any atom is -0.394 e. The average Bonchev–Trinajstić information content (AvgIpc) is 3.17. The number of nitrogens with one attached hydrogen (secondary N) is 1. The van der Waals surface area contributed by atoms with Crippen LogP contribution in [0.2, 0.25) is 0 Å². The summed E-state index contributed by atoms with van der Waals surface area (Å²) in [4.78, 5) is 8.94. The van der Waals surface area contributed by atoms with E-state index in [0.29, 0.717) is 18.2 Å². The highest BCUT2D eigenvalue weighted by Gasteiger charge is 2.44. The second-order valence-electron chi connectivity index (χ2n) is 17.1. The third-order valence-electron chi connectivity index (χ3n) is 11.0. The maximum absolute atomic E-state index is 10.1. The predicted octanol–water partition coefficient (Wildman–Crippen LogP) is 7.08. The van der Waals surface area contributed by atoms with Crippen LogP contribution in [0.5, 0.6) is 0 Å². The largest absolute Gasteiger partial charge is 0.394 e. The van der Waals surface area contributed by atoms with E-state index in [1.807, 2.05) is 7.05 Å². The van der Waals surface area contributed by atoms with Crippen molar-refractivity contribution < 1.29 is 39.8 Å². The maximum Gasteiger partial charge on any atom is 0.221 e. The van der Waals surface area contributed by atoms with E-state index in [-0.39, 0.29) is 6.61 Å². The molecular formula is C44H90N4O8. The Kier molecular flexibility index (Phi) is 36.1. The van der Waals surface area contributed by atoms with Crippen molar-refractivity contribution in [2.45, 2.75) is 231 Å². The quantitative estimate of drug-likeness (QED) is 0.00889. The van der Waals surface area contributed by atoms with Gasteiger partial charge in [-0.3, -0.25) is 21.1 Å². The molecule has 2 aliphatic rings. The number of hydrogen-bond acceptors (Lipinski definition) is 11. The van der Waals surface area contributed by atoms with Gasteiger partial charge in [0, 0.05) is 13.6 Å². The summed E-state index contributed by atoms with van der Waals surface area (Å²) in [7, 11) is 1.95. The van der Waals surface area contributed by atoms with Gasteiger partial charge in [-0.2, -0.15) is 0 Å². The highest BCUT2D eigenvalue weighted by atomic mass is 16.7. The molecule has 0 aromatic carbocycles. The lowest BCUT2D eigenvalue weighted by molar-refractivity contribution is -0.301. The van der Waals surface area contributed by atoms with Crippen LogP contribution in [0.25, 0.3) is 0 Å². The van der Waals surface area contributed by atoms with Gasteiger partial charge in [-0.1, -0.05) is 154 Å². The number of hydrogen-bond donors (Lipinski definition) is 8. The van der Waals surface area contributed by atoms with Crippen LogP contribution in [-0.4, -0.2) is 101 Å². The van der Waals surface area contributed by atoms with Gasteiger partial charge in [0.2, 0.25) is 6.41 Å². The van der Waals surface area contributed by atoms with Crippen LogP contribution in [0.15, 0.2) is 11.6 Å². The van der Waals surface area contributed by atoms with Crippen molar-refractivity contribution >= 4 is 6.41 Å². The number of aliphatic hydroxyl groups is 5. The van der Waals surface area contributed by atoms with Gasteiger partial charge in [0.05, 0.1) is 19.3 Å². The molecule has 334 valence electrons. The lowest BCUT2D eigenvalue weighted by atomic mass is 9.76. The van der Waals surface area contributed by atoms with Crippen LogP contribution in [0.4, 0.5) is 0 Å². The summed E-state index contributed by atoms with van der Waals surface area (Å²) < 4.78 is 10.7. The van der Waals surface area contributed by atoms with Crippen molar-refractivity contribution in [3.63, 3.8) is 0 Å². The second kappa shape index (κ2) is 36.9. The summed E-state index contributed by atoms with van der Waals surface area (Å²) in [6, 6.07) is 0. The van der Waals surface area contributed by atoms with Crippen LogP contribution >= 0.6 is 0 Å². The first-order valence-corrected chi connectivity index (χ1v) is 22.6. The Bertz CT molecular complexity index is 910. The molecule has 0 radical (unpaired) electrons. The van der Waals surface area contributed by atoms with Crippen molar-refractivity contribution in [3.8, 4) is 0 Å².